The zero-order valence-corrected chi connectivity index (χ0v) is 9.23. The van der Waals surface area contributed by atoms with Crippen LogP contribution in [-0.2, 0) is 0 Å². The molecule has 0 aromatic rings. The van der Waals surface area contributed by atoms with Gasteiger partial charge in [0.1, 0.15) is 0 Å². The molecule has 0 N–H and O–H groups in total. The maximum atomic E-state index is 2.46. The van der Waals surface area contributed by atoms with Crippen LogP contribution in [0.3, 0.4) is 0 Å². The van der Waals surface area contributed by atoms with Crippen LogP contribution in [0.5, 0.6) is 0 Å². The normalized spacial score (nSPS) is 25.0. The van der Waals surface area contributed by atoms with Crippen molar-refractivity contribution in [2.45, 2.75) is 43.0 Å². The van der Waals surface area contributed by atoms with Gasteiger partial charge in [-0.1, -0.05) is 0 Å². The third kappa shape index (κ3) is 2.40. The van der Waals surface area contributed by atoms with Crippen LogP contribution in [0.25, 0.3) is 0 Å². The van der Waals surface area contributed by atoms with Crippen molar-refractivity contribution in [1.82, 2.24) is 0 Å². The minimum absolute atomic E-state index is 0.519. The van der Waals surface area contributed by atoms with Crippen LogP contribution in [-0.4, -0.2) is 8.86 Å². The molecule has 0 aromatic carbocycles. The summed E-state index contributed by atoms with van der Waals surface area (Å²) in [6.45, 7) is 2.46. The summed E-state index contributed by atoms with van der Waals surface area (Å²) < 4.78 is 1.10. The first-order valence-electron chi connectivity index (χ1n) is 4.32. The molecule has 1 heteroatoms. The van der Waals surface area contributed by atoms with E-state index in [1.807, 2.05) is 0 Å². The van der Waals surface area contributed by atoms with Gasteiger partial charge in [0.15, 0.2) is 0 Å². The Hall–Kier alpha value is 0.730. The molecule has 0 amide bonds. The molecule has 0 nitrogen and oxygen atoms in total. The predicted molar refractivity (Wildman–Crippen MR) is 42.0 cm³/mol. The topological polar surface area (TPSA) is 0 Å². The summed E-state index contributed by atoms with van der Waals surface area (Å²) in [7, 11) is 0. The average Bonchev–Trinajstić information content (AvgIpc) is 2.05. The van der Waals surface area contributed by atoms with E-state index in [1.54, 1.807) is 0 Å². The van der Waals surface area contributed by atoms with Crippen LogP contribution in [0.15, 0.2) is 0 Å². The second kappa shape index (κ2) is 4.58. The molecule has 0 aliphatic heterocycles. The predicted octanol–water partition coefficient (Wildman–Crippen LogP) is -0.326. The van der Waals surface area contributed by atoms with Crippen LogP contribution >= 0.6 is 0 Å². The quantitative estimate of drug-likeness (QED) is 0.467. The Morgan fingerprint density at radius 1 is 1.20 bits per heavy atom. The monoisotopic (exact) mass is 253 g/mol. The molecular formula is C9H18I-. The van der Waals surface area contributed by atoms with E-state index < -0.39 is 0 Å². The van der Waals surface area contributed by atoms with E-state index in [0.717, 1.165) is 9.84 Å². The molecule has 0 aromatic heterocycles. The maximum absolute atomic E-state index is 2.46. The van der Waals surface area contributed by atoms with Gasteiger partial charge in [-0.25, -0.2) is 0 Å². The van der Waals surface area contributed by atoms with Gasteiger partial charge in [0.05, 0.1) is 0 Å². The Morgan fingerprint density at radius 2 is 1.80 bits per heavy atom. The van der Waals surface area contributed by atoms with E-state index in [1.165, 1.54) is 32.1 Å². The first-order chi connectivity index (χ1) is 4.84. The van der Waals surface area contributed by atoms with Crippen LogP contribution in [0.2, 0.25) is 0 Å². The molecule has 1 saturated carbocycles. The molecule has 0 bridgehead atoms. The Bertz CT molecular complexity index is 84.7. The van der Waals surface area contributed by atoms with Gasteiger partial charge in [-0.2, -0.15) is 0 Å². The Morgan fingerprint density at radius 3 is 2.30 bits per heavy atom. The van der Waals surface area contributed by atoms with E-state index in [4.69, 9.17) is 0 Å². The van der Waals surface area contributed by atoms with Crippen molar-refractivity contribution in [2.75, 3.05) is 4.93 Å². The molecule has 0 heterocycles. The molecule has 1 rings (SSSR count). The molecular weight excluding hydrogens is 235 g/mol. The van der Waals surface area contributed by atoms with E-state index in [2.05, 4.69) is 11.9 Å². The minimum atomic E-state index is 0.519. The van der Waals surface area contributed by atoms with E-state index in [-0.39, 0.29) is 0 Å². The molecule has 1 atom stereocenters. The number of hydrogen-bond acceptors (Lipinski definition) is 0. The number of rotatable bonds is 2. The van der Waals surface area contributed by atoms with Crippen molar-refractivity contribution < 1.29 is 21.2 Å². The Balaban J connectivity index is 2.24. The molecule has 1 unspecified atom stereocenters. The van der Waals surface area contributed by atoms with Crippen molar-refractivity contribution in [3.63, 3.8) is 0 Å². The standard InChI is InChI=1S/C9H18I/c1-8(10-2)9-6-4-3-5-7-9/h8-9H,3-7H2,1-2H3/q-1. The van der Waals surface area contributed by atoms with Crippen LogP contribution in [0.1, 0.15) is 39.0 Å². The second-order valence-electron chi connectivity index (χ2n) is 3.29. The van der Waals surface area contributed by atoms with E-state index in [0.29, 0.717) is 21.2 Å². The molecule has 1 aliphatic rings. The van der Waals surface area contributed by atoms with Crippen LogP contribution in [0.4, 0.5) is 0 Å². The van der Waals surface area contributed by atoms with Gasteiger partial charge in [0, 0.05) is 0 Å². The van der Waals surface area contributed by atoms with Gasteiger partial charge in [0.25, 0.3) is 0 Å². The average molecular weight is 253 g/mol. The van der Waals surface area contributed by atoms with Gasteiger partial charge < -0.3 is 0 Å². The van der Waals surface area contributed by atoms with E-state index >= 15 is 0 Å². The zero-order valence-electron chi connectivity index (χ0n) is 7.07. The summed E-state index contributed by atoms with van der Waals surface area (Å²) in [5, 5.41) is 0. The van der Waals surface area contributed by atoms with Crippen molar-refractivity contribution in [3.05, 3.63) is 0 Å². The van der Waals surface area contributed by atoms with Gasteiger partial charge >= 0.3 is 75.0 Å². The first-order valence-corrected chi connectivity index (χ1v) is 7.73. The van der Waals surface area contributed by atoms with Gasteiger partial charge in [-0.15, -0.1) is 0 Å². The fraction of sp³-hybridized carbons (Fsp3) is 1.00. The fourth-order valence-electron chi connectivity index (χ4n) is 1.77. The summed E-state index contributed by atoms with van der Waals surface area (Å²) in [4.78, 5) is 2.43. The van der Waals surface area contributed by atoms with E-state index in [9.17, 15) is 0 Å². The van der Waals surface area contributed by atoms with Crippen LogP contribution < -0.4 is 21.2 Å². The number of halogens is 1. The summed E-state index contributed by atoms with van der Waals surface area (Å²) >= 11 is 0.519. The third-order valence-electron chi connectivity index (χ3n) is 2.64. The van der Waals surface area contributed by atoms with Crippen LogP contribution in [0, 0.1) is 5.92 Å². The second-order valence-corrected chi connectivity index (χ2v) is 6.50. The van der Waals surface area contributed by atoms with Gasteiger partial charge in [0.2, 0.25) is 0 Å². The SMILES string of the molecule is C[I-]C(C)C1CCCCC1. The molecule has 1 fully saturated rings. The first kappa shape index (κ1) is 8.82. The summed E-state index contributed by atoms with van der Waals surface area (Å²) in [5.74, 6) is 1.12. The fourth-order valence-corrected chi connectivity index (χ4v) is 3.51. The summed E-state index contributed by atoms with van der Waals surface area (Å²) in [5.41, 5.74) is 0. The Labute approximate surface area is 75.0 Å². The van der Waals surface area contributed by atoms with Crippen molar-refractivity contribution in [3.8, 4) is 0 Å². The van der Waals surface area contributed by atoms with Crippen molar-refractivity contribution >= 4 is 0 Å². The molecule has 62 valence electrons. The summed E-state index contributed by atoms with van der Waals surface area (Å²) in [6, 6.07) is 0. The number of alkyl halides is 2. The van der Waals surface area contributed by atoms with Gasteiger partial charge in [-0.05, 0) is 0 Å². The number of hydrogen-bond donors (Lipinski definition) is 0. The van der Waals surface area contributed by atoms with Gasteiger partial charge in [-0.3, -0.25) is 0 Å². The third-order valence-corrected chi connectivity index (χ3v) is 5.63. The van der Waals surface area contributed by atoms with Crippen molar-refractivity contribution in [1.29, 1.82) is 0 Å². The molecule has 10 heavy (non-hydrogen) atoms. The summed E-state index contributed by atoms with van der Waals surface area (Å²) in [6.07, 6.45) is 7.60. The molecule has 0 radical (unpaired) electrons. The Kier molecular flexibility index (Phi) is 4.04. The van der Waals surface area contributed by atoms with Crippen molar-refractivity contribution in [2.24, 2.45) is 5.92 Å². The molecule has 1 aliphatic carbocycles. The molecule has 0 saturated heterocycles. The zero-order chi connectivity index (χ0) is 7.40. The molecule has 0 spiro atoms.